The quantitative estimate of drug-likeness (QED) is 0.908. The van der Waals surface area contributed by atoms with Crippen LogP contribution in [0.1, 0.15) is 16.7 Å². The fraction of sp³-hybridized carbons (Fsp3) is 0.188. The first kappa shape index (κ1) is 13.6. The molecule has 0 heterocycles. The smallest absolute Gasteiger partial charge is 0.307 e. The van der Waals surface area contributed by atoms with E-state index in [9.17, 15) is 4.79 Å². The third kappa shape index (κ3) is 3.15. The molecule has 0 amide bonds. The second-order valence-corrected chi connectivity index (χ2v) is 5.11. The lowest BCUT2D eigenvalue weighted by Crippen LogP contribution is -2.03. The molecule has 0 bridgehead atoms. The van der Waals surface area contributed by atoms with Crippen molar-refractivity contribution >= 4 is 17.6 Å². The number of halogens is 1. The first-order valence-electron chi connectivity index (χ1n) is 6.05. The highest BCUT2D eigenvalue weighted by atomic mass is 35.5. The van der Waals surface area contributed by atoms with E-state index in [0.29, 0.717) is 5.02 Å². The van der Waals surface area contributed by atoms with Crippen LogP contribution in [-0.4, -0.2) is 11.1 Å². The van der Waals surface area contributed by atoms with E-state index in [4.69, 9.17) is 16.7 Å². The average molecular weight is 275 g/mol. The molecule has 2 aromatic rings. The van der Waals surface area contributed by atoms with Crippen molar-refractivity contribution in [3.8, 4) is 11.1 Å². The third-order valence-electron chi connectivity index (χ3n) is 3.18. The minimum atomic E-state index is -0.804. The second kappa shape index (κ2) is 5.45. The zero-order valence-corrected chi connectivity index (χ0v) is 11.7. The highest BCUT2D eigenvalue weighted by Gasteiger charge is 2.09. The molecule has 2 aromatic carbocycles. The number of hydrogen-bond acceptors (Lipinski definition) is 1. The summed E-state index contributed by atoms with van der Waals surface area (Å²) in [5, 5.41) is 9.59. The molecule has 0 saturated carbocycles. The van der Waals surface area contributed by atoms with Gasteiger partial charge in [0.2, 0.25) is 0 Å². The van der Waals surface area contributed by atoms with Crippen molar-refractivity contribution in [1.29, 1.82) is 0 Å². The Morgan fingerprint density at radius 2 is 1.74 bits per heavy atom. The lowest BCUT2D eigenvalue weighted by Gasteiger charge is -2.11. The van der Waals surface area contributed by atoms with Crippen molar-refractivity contribution in [2.75, 3.05) is 0 Å². The van der Waals surface area contributed by atoms with Crippen LogP contribution in [0.3, 0.4) is 0 Å². The minimum absolute atomic E-state index is 0.0631. The van der Waals surface area contributed by atoms with E-state index in [1.165, 1.54) is 0 Å². The summed E-state index contributed by atoms with van der Waals surface area (Å²) < 4.78 is 0. The largest absolute Gasteiger partial charge is 0.481 e. The molecule has 3 heteroatoms. The molecule has 0 unspecified atom stereocenters. The van der Waals surface area contributed by atoms with Gasteiger partial charge in [-0.15, -0.1) is 0 Å². The summed E-state index contributed by atoms with van der Waals surface area (Å²) in [7, 11) is 0. The number of hydrogen-bond donors (Lipinski definition) is 1. The molecule has 0 spiro atoms. The lowest BCUT2D eigenvalue weighted by molar-refractivity contribution is -0.136. The first-order chi connectivity index (χ1) is 8.97. The topological polar surface area (TPSA) is 37.3 Å². The fourth-order valence-electron chi connectivity index (χ4n) is 2.17. The standard InChI is InChI=1S/C16H15ClO2/c1-10-8-15(12-3-5-14(17)6-4-12)11(2)7-13(10)9-16(18)19/h3-8H,9H2,1-2H3,(H,18,19). The van der Waals surface area contributed by atoms with Gasteiger partial charge in [0.25, 0.3) is 0 Å². The van der Waals surface area contributed by atoms with Gasteiger partial charge in [0, 0.05) is 5.02 Å². The molecule has 1 N–H and O–H groups in total. The number of carbonyl (C=O) groups is 1. The summed E-state index contributed by atoms with van der Waals surface area (Å²) in [5.74, 6) is -0.804. The molecule has 0 saturated heterocycles. The van der Waals surface area contributed by atoms with Crippen LogP contribution in [0.4, 0.5) is 0 Å². The van der Waals surface area contributed by atoms with Gasteiger partial charge in [-0.2, -0.15) is 0 Å². The van der Waals surface area contributed by atoms with Crippen LogP contribution in [0.25, 0.3) is 11.1 Å². The van der Waals surface area contributed by atoms with Crippen molar-refractivity contribution < 1.29 is 9.90 Å². The summed E-state index contributed by atoms with van der Waals surface area (Å²) in [4.78, 5) is 10.8. The number of benzene rings is 2. The number of aryl methyl sites for hydroxylation is 2. The Bertz CT molecular complexity index is 615. The second-order valence-electron chi connectivity index (χ2n) is 4.67. The van der Waals surface area contributed by atoms with E-state index in [1.54, 1.807) is 0 Å². The Balaban J connectivity index is 2.45. The molecule has 0 aliphatic carbocycles. The zero-order valence-electron chi connectivity index (χ0n) is 10.9. The Hall–Kier alpha value is -1.80. The molecule has 2 nitrogen and oxygen atoms in total. The first-order valence-corrected chi connectivity index (χ1v) is 6.43. The van der Waals surface area contributed by atoms with Crippen molar-refractivity contribution in [3.63, 3.8) is 0 Å². The molecular weight excluding hydrogens is 260 g/mol. The number of carboxylic acids is 1. The molecule has 0 radical (unpaired) electrons. The van der Waals surface area contributed by atoms with Gasteiger partial charge in [-0.3, -0.25) is 4.79 Å². The van der Waals surface area contributed by atoms with Crippen molar-refractivity contribution in [3.05, 3.63) is 58.1 Å². The van der Waals surface area contributed by atoms with E-state index in [0.717, 1.165) is 27.8 Å². The normalized spacial score (nSPS) is 10.5. The summed E-state index contributed by atoms with van der Waals surface area (Å²) in [6, 6.07) is 11.7. The predicted octanol–water partition coefficient (Wildman–Crippen LogP) is 4.25. The average Bonchev–Trinajstić information content (AvgIpc) is 2.34. The Morgan fingerprint density at radius 1 is 1.11 bits per heavy atom. The van der Waals surface area contributed by atoms with Gasteiger partial charge in [0.1, 0.15) is 0 Å². The van der Waals surface area contributed by atoms with E-state index in [1.807, 2.05) is 50.2 Å². The van der Waals surface area contributed by atoms with Crippen LogP contribution in [0.5, 0.6) is 0 Å². The van der Waals surface area contributed by atoms with Crippen LogP contribution in [0.15, 0.2) is 36.4 Å². The maximum Gasteiger partial charge on any atom is 0.307 e. The minimum Gasteiger partial charge on any atom is -0.481 e. The Labute approximate surface area is 117 Å². The Morgan fingerprint density at radius 3 is 2.32 bits per heavy atom. The van der Waals surface area contributed by atoms with Gasteiger partial charge in [-0.25, -0.2) is 0 Å². The number of rotatable bonds is 3. The molecule has 0 aliphatic heterocycles. The molecule has 98 valence electrons. The van der Waals surface area contributed by atoms with E-state index < -0.39 is 5.97 Å². The van der Waals surface area contributed by atoms with Gasteiger partial charge in [-0.1, -0.05) is 35.9 Å². The Kier molecular flexibility index (Phi) is 3.91. The van der Waals surface area contributed by atoms with Crippen molar-refractivity contribution in [2.24, 2.45) is 0 Å². The van der Waals surface area contributed by atoms with Crippen LogP contribution < -0.4 is 0 Å². The van der Waals surface area contributed by atoms with E-state index in [2.05, 4.69) is 0 Å². The lowest BCUT2D eigenvalue weighted by atomic mass is 9.94. The molecule has 19 heavy (non-hydrogen) atoms. The molecule has 0 aliphatic rings. The molecule has 0 aromatic heterocycles. The third-order valence-corrected chi connectivity index (χ3v) is 3.43. The van der Waals surface area contributed by atoms with Crippen molar-refractivity contribution in [2.45, 2.75) is 20.3 Å². The van der Waals surface area contributed by atoms with Crippen LogP contribution in [0, 0.1) is 13.8 Å². The molecule has 0 atom stereocenters. The van der Waals surface area contributed by atoms with Crippen molar-refractivity contribution in [1.82, 2.24) is 0 Å². The highest BCUT2D eigenvalue weighted by molar-refractivity contribution is 6.30. The molecule has 0 fully saturated rings. The summed E-state index contributed by atoms with van der Waals surface area (Å²) in [6.45, 7) is 3.94. The van der Waals surface area contributed by atoms with E-state index in [-0.39, 0.29) is 6.42 Å². The van der Waals surface area contributed by atoms with Gasteiger partial charge in [-0.05, 0) is 53.8 Å². The maximum absolute atomic E-state index is 10.8. The van der Waals surface area contributed by atoms with Gasteiger partial charge in [0.15, 0.2) is 0 Å². The molecular formula is C16H15ClO2. The number of carboxylic acid groups (broad SMARTS) is 1. The fourth-order valence-corrected chi connectivity index (χ4v) is 2.30. The maximum atomic E-state index is 10.8. The van der Waals surface area contributed by atoms with E-state index >= 15 is 0 Å². The van der Waals surface area contributed by atoms with Gasteiger partial charge in [0.05, 0.1) is 6.42 Å². The number of aliphatic carboxylic acids is 1. The highest BCUT2D eigenvalue weighted by Crippen LogP contribution is 2.27. The SMILES string of the molecule is Cc1cc(-c2ccc(Cl)cc2)c(C)cc1CC(=O)O. The zero-order chi connectivity index (χ0) is 14.0. The predicted molar refractivity (Wildman–Crippen MR) is 77.7 cm³/mol. The summed E-state index contributed by atoms with van der Waals surface area (Å²) >= 11 is 5.89. The van der Waals surface area contributed by atoms with Crippen LogP contribution in [0.2, 0.25) is 5.02 Å². The van der Waals surface area contributed by atoms with Gasteiger partial charge < -0.3 is 5.11 Å². The van der Waals surface area contributed by atoms with Crippen LogP contribution >= 0.6 is 11.6 Å². The van der Waals surface area contributed by atoms with Crippen LogP contribution in [-0.2, 0) is 11.2 Å². The molecule has 2 rings (SSSR count). The monoisotopic (exact) mass is 274 g/mol. The summed E-state index contributed by atoms with van der Waals surface area (Å²) in [6.07, 6.45) is 0.0631. The summed E-state index contributed by atoms with van der Waals surface area (Å²) in [5.41, 5.74) is 5.14. The van der Waals surface area contributed by atoms with Gasteiger partial charge >= 0.3 is 5.97 Å².